The molecule has 0 bridgehead atoms. The summed E-state index contributed by atoms with van der Waals surface area (Å²) in [6.45, 7) is 1.50. The normalized spacial score (nSPS) is 34.9. The number of hydrogen-bond acceptors (Lipinski definition) is 3. The van der Waals surface area contributed by atoms with Crippen molar-refractivity contribution in [1.29, 1.82) is 0 Å². The van der Waals surface area contributed by atoms with Crippen molar-refractivity contribution in [3.05, 3.63) is 0 Å². The van der Waals surface area contributed by atoms with Gasteiger partial charge in [0.25, 0.3) is 0 Å². The van der Waals surface area contributed by atoms with E-state index in [0.29, 0.717) is 18.9 Å². The van der Waals surface area contributed by atoms with Gasteiger partial charge in [-0.25, -0.2) is 0 Å². The second-order valence-electron chi connectivity index (χ2n) is 5.04. The van der Waals surface area contributed by atoms with E-state index >= 15 is 0 Å². The predicted molar refractivity (Wildman–Crippen MR) is 61.9 cm³/mol. The standard InChI is InChI=1S/C12H22N2O2/c13-11-5-1-3-9(11)7-12(15)14-10-4-2-6-16-8-10/h9-11H,1-8,13H2,(H,14,15)/t9-,10?,11+/m0/s1. The van der Waals surface area contributed by atoms with E-state index in [0.717, 1.165) is 32.3 Å². The van der Waals surface area contributed by atoms with Gasteiger partial charge in [-0.3, -0.25) is 4.79 Å². The van der Waals surface area contributed by atoms with Gasteiger partial charge in [0.05, 0.1) is 12.6 Å². The number of carbonyl (C=O) groups is 1. The van der Waals surface area contributed by atoms with Crippen LogP contribution in [0.1, 0.15) is 38.5 Å². The van der Waals surface area contributed by atoms with Crippen molar-refractivity contribution in [1.82, 2.24) is 5.32 Å². The summed E-state index contributed by atoms with van der Waals surface area (Å²) in [4.78, 5) is 11.8. The molecule has 2 rings (SSSR count). The molecule has 92 valence electrons. The minimum atomic E-state index is 0.151. The summed E-state index contributed by atoms with van der Waals surface area (Å²) in [5, 5.41) is 3.05. The molecule has 16 heavy (non-hydrogen) atoms. The van der Waals surface area contributed by atoms with Crippen LogP contribution in [-0.4, -0.2) is 31.2 Å². The third-order valence-electron chi connectivity index (χ3n) is 3.69. The fraction of sp³-hybridized carbons (Fsp3) is 0.917. The Morgan fingerprint density at radius 2 is 2.19 bits per heavy atom. The van der Waals surface area contributed by atoms with Gasteiger partial charge in [0, 0.05) is 19.1 Å². The zero-order chi connectivity index (χ0) is 11.4. The van der Waals surface area contributed by atoms with Gasteiger partial charge in [0.2, 0.25) is 5.91 Å². The van der Waals surface area contributed by atoms with E-state index < -0.39 is 0 Å². The van der Waals surface area contributed by atoms with Crippen LogP contribution in [0.4, 0.5) is 0 Å². The van der Waals surface area contributed by atoms with E-state index in [1.54, 1.807) is 0 Å². The highest BCUT2D eigenvalue weighted by Crippen LogP contribution is 2.26. The monoisotopic (exact) mass is 226 g/mol. The first-order valence-electron chi connectivity index (χ1n) is 6.38. The molecule has 1 aliphatic heterocycles. The molecule has 1 unspecified atom stereocenters. The van der Waals surface area contributed by atoms with Gasteiger partial charge < -0.3 is 15.8 Å². The second kappa shape index (κ2) is 5.64. The molecule has 0 radical (unpaired) electrons. The molecular weight excluding hydrogens is 204 g/mol. The Morgan fingerprint density at radius 3 is 2.81 bits per heavy atom. The quantitative estimate of drug-likeness (QED) is 0.748. The molecule has 3 atom stereocenters. The van der Waals surface area contributed by atoms with Gasteiger partial charge in [-0.15, -0.1) is 0 Å². The van der Waals surface area contributed by atoms with Crippen LogP contribution in [0.2, 0.25) is 0 Å². The maximum atomic E-state index is 11.8. The fourth-order valence-electron chi connectivity index (χ4n) is 2.70. The number of nitrogens with two attached hydrogens (primary N) is 1. The van der Waals surface area contributed by atoms with Crippen LogP contribution in [0.5, 0.6) is 0 Å². The minimum absolute atomic E-state index is 0.151. The summed E-state index contributed by atoms with van der Waals surface area (Å²) in [5.41, 5.74) is 5.96. The first-order valence-corrected chi connectivity index (χ1v) is 6.38. The van der Waals surface area contributed by atoms with Crippen molar-refractivity contribution in [2.75, 3.05) is 13.2 Å². The summed E-state index contributed by atoms with van der Waals surface area (Å²) in [7, 11) is 0. The van der Waals surface area contributed by atoms with E-state index in [2.05, 4.69) is 5.32 Å². The molecule has 1 saturated carbocycles. The number of nitrogens with one attached hydrogen (secondary N) is 1. The van der Waals surface area contributed by atoms with Crippen molar-refractivity contribution in [3.8, 4) is 0 Å². The van der Waals surface area contributed by atoms with E-state index in [1.165, 1.54) is 6.42 Å². The Bertz CT molecular complexity index is 239. The second-order valence-corrected chi connectivity index (χ2v) is 5.04. The lowest BCUT2D eigenvalue weighted by atomic mass is 9.99. The molecule has 2 aliphatic rings. The summed E-state index contributed by atoms with van der Waals surface area (Å²) < 4.78 is 5.33. The van der Waals surface area contributed by atoms with Gasteiger partial charge in [0.15, 0.2) is 0 Å². The van der Waals surface area contributed by atoms with Crippen LogP contribution in [0.25, 0.3) is 0 Å². The Hall–Kier alpha value is -0.610. The van der Waals surface area contributed by atoms with Gasteiger partial charge in [-0.05, 0) is 31.6 Å². The SMILES string of the molecule is N[C@@H]1CCC[C@H]1CC(=O)NC1CCCOC1. The van der Waals surface area contributed by atoms with Crippen molar-refractivity contribution < 1.29 is 9.53 Å². The highest BCUT2D eigenvalue weighted by Gasteiger charge is 2.27. The van der Waals surface area contributed by atoms with Crippen LogP contribution in [0.15, 0.2) is 0 Å². The largest absolute Gasteiger partial charge is 0.379 e. The average molecular weight is 226 g/mol. The van der Waals surface area contributed by atoms with Crippen molar-refractivity contribution in [2.45, 2.75) is 50.6 Å². The van der Waals surface area contributed by atoms with Gasteiger partial charge in [-0.1, -0.05) is 6.42 Å². The molecule has 0 aromatic rings. The summed E-state index contributed by atoms with van der Waals surface area (Å²) in [6, 6.07) is 0.451. The smallest absolute Gasteiger partial charge is 0.220 e. The zero-order valence-corrected chi connectivity index (χ0v) is 9.78. The fourth-order valence-corrected chi connectivity index (χ4v) is 2.70. The highest BCUT2D eigenvalue weighted by molar-refractivity contribution is 5.76. The molecule has 1 saturated heterocycles. The molecule has 1 heterocycles. The zero-order valence-electron chi connectivity index (χ0n) is 9.78. The Labute approximate surface area is 96.9 Å². The number of ether oxygens (including phenoxy) is 1. The Morgan fingerprint density at radius 1 is 1.31 bits per heavy atom. The van der Waals surface area contributed by atoms with Gasteiger partial charge in [-0.2, -0.15) is 0 Å². The minimum Gasteiger partial charge on any atom is -0.379 e. The Balaban J connectivity index is 1.70. The van der Waals surface area contributed by atoms with E-state index in [1.807, 2.05) is 0 Å². The van der Waals surface area contributed by atoms with Crippen LogP contribution < -0.4 is 11.1 Å². The molecule has 2 fully saturated rings. The third-order valence-corrected chi connectivity index (χ3v) is 3.69. The number of hydrogen-bond donors (Lipinski definition) is 2. The topological polar surface area (TPSA) is 64.4 Å². The van der Waals surface area contributed by atoms with Crippen molar-refractivity contribution in [2.24, 2.45) is 11.7 Å². The number of amides is 1. The van der Waals surface area contributed by atoms with Crippen LogP contribution >= 0.6 is 0 Å². The summed E-state index contributed by atoms with van der Waals surface area (Å²) in [5.74, 6) is 0.544. The third kappa shape index (κ3) is 3.19. The molecule has 1 amide bonds. The lowest BCUT2D eigenvalue weighted by Gasteiger charge is -2.24. The molecule has 1 aliphatic carbocycles. The van der Waals surface area contributed by atoms with E-state index in [-0.39, 0.29) is 18.0 Å². The molecule has 0 spiro atoms. The van der Waals surface area contributed by atoms with Gasteiger partial charge >= 0.3 is 0 Å². The van der Waals surface area contributed by atoms with Crippen LogP contribution in [-0.2, 0) is 9.53 Å². The molecule has 3 N–H and O–H groups in total. The van der Waals surface area contributed by atoms with Gasteiger partial charge in [0.1, 0.15) is 0 Å². The highest BCUT2D eigenvalue weighted by atomic mass is 16.5. The maximum absolute atomic E-state index is 11.8. The maximum Gasteiger partial charge on any atom is 0.220 e. The first-order chi connectivity index (χ1) is 7.75. The predicted octanol–water partition coefficient (Wildman–Crippen LogP) is 0.799. The lowest BCUT2D eigenvalue weighted by Crippen LogP contribution is -2.42. The van der Waals surface area contributed by atoms with Crippen LogP contribution in [0, 0.1) is 5.92 Å². The van der Waals surface area contributed by atoms with E-state index in [9.17, 15) is 4.79 Å². The van der Waals surface area contributed by atoms with Crippen LogP contribution in [0.3, 0.4) is 0 Å². The van der Waals surface area contributed by atoms with E-state index in [4.69, 9.17) is 10.5 Å². The molecule has 4 nitrogen and oxygen atoms in total. The van der Waals surface area contributed by atoms with Crippen molar-refractivity contribution >= 4 is 5.91 Å². The van der Waals surface area contributed by atoms with Crippen molar-refractivity contribution in [3.63, 3.8) is 0 Å². The molecular formula is C12H22N2O2. The molecule has 0 aromatic carbocycles. The molecule has 4 heteroatoms. The number of rotatable bonds is 3. The Kier molecular flexibility index (Phi) is 4.18. The summed E-state index contributed by atoms with van der Waals surface area (Å²) >= 11 is 0. The average Bonchev–Trinajstić information content (AvgIpc) is 2.66. The lowest BCUT2D eigenvalue weighted by molar-refractivity contribution is -0.123. The number of carbonyl (C=O) groups excluding carboxylic acids is 1. The molecule has 0 aromatic heterocycles. The first kappa shape index (κ1) is 11.9. The summed E-state index contributed by atoms with van der Waals surface area (Å²) in [6.07, 6.45) is 6.04.